The summed E-state index contributed by atoms with van der Waals surface area (Å²) >= 11 is 0. The first-order chi connectivity index (χ1) is 8.40. The lowest BCUT2D eigenvalue weighted by atomic mass is 10.1. The highest BCUT2D eigenvalue weighted by Crippen LogP contribution is 2.18. The van der Waals surface area contributed by atoms with Gasteiger partial charge in [-0.15, -0.1) is 0 Å². The van der Waals surface area contributed by atoms with Crippen molar-refractivity contribution >= 4 is 17.6 Å². The predicted octanol–water partition coefficient (Wildman–Crippen LogP) is 1.16. The van der Waals surface area contributed by atoms with Gasteiger partial charge in [0.25, 0.3) is 0 Å². The van der Waals surface area contributed by atoms with Gasteiger partial charge in [0.1, 0.15) is 0 Å². The van der Waals surface area contributed by atoms with Gasteiger partial charge in [-0.25, -0.2) is 4.79 Å². The van der Waals surface area contributed by atoms with E-state index in [0.29, 0.717) is 5.56 Å². The number of hydrogen-bond acceptors (Lipinski definition) is 4. The van der Waals surface area contributed by atoms with Crippen LogP contribution in [0.2, 0.25) is 0 Å². The third kappa shape index (κ3) is 3.85. The fraction of sp³-hybridized carbons (Fsp3) is 0.273. The molecule has 96 valence electrons. The third-order valence-electron chi connectivity index (χ3n) is 2.21. The second-order valence-electron chi connectivity index (χ2n) is 3.67. The molecule has 0 spiro atoms. The fourth-order valence-electron chi connectivity index (χ4n) is 1.45. The molecule has 0 aliphatic heterocycles. The molecule has 0 bridgehead atoms. The van der Waals surface area contributed by atoms with E-state index in [9.17, 15) is 19.7 Å². The highest BCUT2D eigenvalue weighted by Gasteiger charge is 2.12. The van der Waals surface area contributed by atoms with E-state index in [1.807, 2.05) is 0 Å². The molecule has 7 nitrogen and oxygen atoms in total. The standard InChI is InChI=1S/C11H12N2O5/c1-7(14)12-10-6-8(4-5-13(17)18)2-3-9(10)11(15)16/h2-3,6H,4-5H2,1H3,(H,12,14)(H,15,16). The van der Waals surface area contributed by atoms with Gasteiger partial charge >= 0.3 is 5.97 Å². The molecular weight excluding hydrogens is 240 g/mol. The zero-order valence-corrected chi connectivity index (χ0v) is 9.67. The summed E-state index contributed by atoms with van der Waals surface area (Å²) in [6.45, 7) is 1.02. The second-order valence-corrected chi connectivity index (χ2v) is 3.67. The van der Waals surface area contributed by atoms with Gasteiger partial charge in [0, 0.05) is 18.3 Å². The Morgan fingerprint density at radius 1 is 1.44 bits per heavy atom. The third-order valence-corrected chi connectivity index (χ3v) is 2.21. The van der Waals surface area contributed by atoms with E-state index in [4.69, 9.17) is 5.11 Å². The Morgan fingerprint density at radius 3 is 2.61 bits per heavy atom. The van der Waals surface area contributed by atoms with E-state index in [0.717, 1.165) is 0 Å². The second kappa shape index (κ2) is 5.76. The fourth-order valence-corrected chi connectivity index (χ4v) is 1.45. The van der Waals surface area contributed by atoms with Crippen LogP contribution < -0.4 is 5.32 Å². The van der Waals surface area contributed by atoms with Crippen molar-refractivity contribution in [3.05, 3.63) is 39.4 Å². The molecule has 0 heterocycles. The quantitative estimate of drug-likeness (QED) is 0.603. The monoisotopic (exact) mass is 252 g/mol. The summed E-state index contributed by atoms with van der Waals surface area (Å²) in [4.78, 5) is 31.7. The Bertz CT molecular complexity index is 498. The molecule has 18 heavy (non-hydrogen) atoms. The molecule has 0 unspecified atom stereocenters. The molecule has 0 atom stereocenters. The van der Waals surface area contributed by atoms with Crippen LogP contribution in [0.25, 0.3) is 0 Å². The average Bonchev–Trinajstić information content (AvgIpc) is 2.25. The molecule has 0 aliphatic rings. The number of nitrogens with zero attached hydrogens (tertiary/aromatic N) is 1. The normalized spacial score (nSPS) is 9.83. The molecule has 0 radical (unpaired) electrons. The summed E-state index contributed by atoms with van der Waals surface area (Å²) in [5.41, 5.74) is 0.700. The molecule has 0 saturated heterocycles. The number of carboxylic acids is 1. The lowest BCUT2D eigenvalue weighted by Gasteiger charge is -2.08. The van der Waals surface area contributed by atoms with Gasteiger partial charge in [0.2, 0.25) is 12.5 Å². The first-order valence-electron chi connectivity index (χ1n) is 5.15. The van der Waals surface area contributed by atoms with Gasteiger partial charge in [-0.2, -0.15) is 0 Å². The van der Waals surface area contributed by atoms with E-state index >= 15 is 0 Å². The van der Waals surface area contributed by atoms with Gasteiger partial charge < -0.3 is 10.4 Å². The van der Waals surface area contributed by atoms with Crippen molar-refractivity contribution in [1.82, 2.24) is 0 Å². The summed E-state index contributed by atoms with van der Waals surface area (Å²) in [7, 11) is 0. The zero-order chi connectivity index (χ0) is 13.7. The molecular formula is C11H12N2O5. The number of benzene rings is 1. The van der Waals surface area contributed by atoms with Crippen LogP contribution in [-0.2, 0) is 11.2 Å². The molecule has 1 rings (SSSR count). The van der Waals surface area contributed by atoms with Crippen LogP contribution in [-0.4, -0.2) is 28.5 Å². The summed E-state index contributed by atoms with van der Waals surface area (Å²) < 4.78 is 0. The Labute approximate surface area is 103 Å². The molecule has 1 aromatic carbocycles. The summed E-state index contributed by atoms with van der Waals surface area (Å²) in [5.74, 6) is -1.57. The number of rotatable bonds is 5. The van der Waals surface area contributed by atoms with Gasteiger partial charge in [-0.05, 0) is 17.7 Å². The molecule has 2 N–H and O–H groups in total. The van der Waals surface area contributed by atoms with Crippen LogP contribution in [0.4, 0.5) is 5.69 Å². The first kappa shape index (κ1) is 13.6. The molecule has 1 aromatic rings. The predicted molar refractivity (Wildman–Crippen MR) is 63.3 cm³/mol. The van der Waals surface area contributed by atoms with Crippen molar-refractivity contribution in [2.45, 2.75) is 13.3 Å². The van der Waals surface area contributed by atoms with Crippen LogP contribution in [0, 0.1) is 10.1 Å². The number of nitrogens with one attached hydrogen (secondary N) is 1. The summed E-state index contributed by atoms with van der Waals surface area (Å²) in [5, 5.41) is 21.6. The Kier molecular flexibility index (Phi) is 4.36. The van der Waals surface area contributed by atoms with Gasteiger partial charge in [0.05, 0.1) is 11.3 Å². The minimum Gasteiger partial charge on any atom is -0.478 e. The maximum Gasteiger partial charge on any atom is 0.337 e. The maximum atomic E-state index is 11.0. The van der Waals surface area contributed by atoms with Crippen LogP contribution in [0.15, 0.2) is 18.2 Å². The lowest BCUT2D eigenvalue weighted by molar-refractivity contribution is -0.479. The molecule has 0 saturated carbocycles. The van der Waals surface area contributed by atoms with Crippen molar-refractivity contribution in [2.75, 3.05) is 11.9 Å². The number of carboxylic acid groups (broad SMARTS) is 1. The van der Waals surface area contributed by atoms with E-state index in [-0.39, 0.29) is 24.2 Å². The number of anilines is 1. The Balaban J connectivity index is 3.00. The first-order valence-corrected chi connectivity index (χ1v) is 5.15. The van der Waals surface area contributed by atoms with Crippen molar-refractivity contribution in [3.63, 3.8) is 0 Å². The van der Waals surface area contributed by atoms with E-state index in [1.165, 1.54) is 25.1 Å². The smallest absolute Gasteiger partial charge is 0.337 e. The van der Waals surface area contributed by atoms with Crippen LogP contribution in [0.3, 0.4) is 0 Å². The maximum absolute atomic E-state index is 11.0. The Morgan fingerprint density at radius 2 is 2.11 bits per heavy atom. The van der Waals surface area contributed by atoms with Crippen molar-refractivity contribution < 1.29 is 19.6 Å². The number of aromatic carboxylic acids is 1. The van der Waals surface area contributed by atoms with E-state index < -0.39 is 16.8 Å². The number of carbonyl (C=O) groups is 2. The van der Waals surface area contributed by atoms with Crippen molar-refractivity contribution in [1.29, 1.82) is 0 Å². The van der Waals surface area contributed by atoms with Crippen LogP contribution in [0.5, 0.6) is 0 Å². The van der Waals surface area contributed by atoms with Crippen molar-refractivity contribution in [3.8, 4) is 0 Å². The number of hydrogen-bond donors (Lipinski definition) is 2. The highest BCUT2D eigenvalue weighted by molar-refractivity contribution is 5.99. The van der Waals surface area contributed by atoms with Gasteiger partial charge in [-0.3, -0.25) is 14.9 Å². The molecule has 0 aromatic heterocycles. The minimum absolute atomic E-state index is 0.0462. The number of amides is 1. The molecule has 0 fully saturated rings. The van der Waals surface area contributed by atoms with Crippen LogP contribution in [0.1, 0.15) is 22.8 Å². The van der Waals surface area contributed by atoms with Crippen molar-refractivity contribution in [2.24, 2.45) is 0 Å². The molecule has 0 aliphatic carbocycles. The minimum atomic E-state index is -1.17. The summed E-state index contributed by atoms with van der Waals surface area (Å²) in [6.07, 6.45) is 0.180. The Hall–Kier alpha value is -2.44. The largest absolute Gasteiger partial charge is 0.478 e. The number of nitro groups is 1. The van der Waals surface area contributed by atoms with Gasteiger partial charge in [-0.1, -0.05) is 6.07 Å². The van der Waals surface area contributed by atoms with E-state index in [1.54, 1.807) is 0 Å². The topological polar surface area (TPSA) is 110 Å². The van der Waals surface area contributed by atoms with Crippen LogP contribution >= 0.6 is 0 Å². The molecule has 1 amide bonds. The highest BCUT2D eigenvalue weighted by atomic mass is 16.6. The SMILES string of the molecule is CC(=O)Nc1cc(CC[N+](=O)[O-])ccc1C(=O)O. The molecule has 7 heteroatoms. The average molecular weight is 252 g/mol. The summed E-state index contributed by atoms with van der Waals surface area (Å²) in [6, 6.07) is 4.26. The van der Waals surface area contributed by atoms with Gasteiger partial charge in [0.15, 0.2) is 0 Å². The lowest BCUT2D eigenvalue weighted by Crippen LogP contribution is -2.12. The van der Waals surface area contributed by atoms with E-state index in [2.05, 4.69) is 5.32 Å². The number of carbonyl (C=O) groups excluding carboxylic acids is 1. The zero-order valence-electron chi connectivity index (χ0n) is 9.67.